The standard InChI is InChI=1S/C51H65NO/c1-18-21-36(19-2)37-24-25-52-47(26-37)44-28-38(49(8,9)10)27-43(35(44)7)40-23-20-22-33(5)42(40)31-41(32(3)4)34(6)45-29-39(50(11,12)13)30-46(48(45)53-17)51(14,15)16/h18-30,32H,1-2,31H2,3-17H3/b36-21+,41-34-. The number of aromatic nitrogens is 1. The predicted octanol–water partition coefficient (Wildman–Crippen LogP) is 14.4. The lowest BCUT2D eigenvalue weighted by Gasteiger charge is -2.30. The van der Waals surface area contributed by atoms with Crippen LogP contribution in [0.3, 0.4) is 0 Å². The lowest BCUT2D eigenvalue weighted by Crippen LogP contribution is -2.19. The molecular weight excluding hydrogens is 643 g/mol. The first-order valence-electron chi connectivity index (χ1n) is 19.2. The number of hydrogen-bond donors (Lipinski definition) is 0. The Kier molecular flexibility index (Phi) is 12.4. The Bertz CT molecular complexity index is 2060. The molecule has 2 nitrogen and oxygen atoms in total. The minimum Gasteiger partial charge on any atom is -0.496 e. The van der Waals surface area contributed by atoms with Crippen molar-refractivity contribution < 1.29 is 4.74 Å². The van der Waals surface area contributed by atoms with Gasteiger partial charge in [0.05, 0.1) is 12.8 Å². The van der Waals surface area contributed by atoms with E-state index in [1.807, 2.05) is 37.6 Å². The van der Waals surface area contributed by atoms with E-state index in [4.69, 9.17) is 9.72 Å². The topological polar surface area (TPSA) is 22.1 Å². The molecule has 4 rings (SSSR count). The van der Waals surface area contributed by atoms with Crippen molar-refractivity contribution in [1.29, 1.82) is 0 Å². The van der Waals surface area contributed by atoms with Gasteiger partial charge in [0.2, 0.25) is 0 Å². The number of aryl methyl sites for hydroxylation is 1. The minimum atomic E-state index is -0.0698. The Morgan fingerprint density at radius 2 is 1.42 bits per heavy atom. The molecule has 3 aromatic carbocycles. The third kappa shape index (κ3) is 9.03. The monoisotopic (exact) mass is 708 g/mol. The molecule has 2 heteroatoms. The van der Waals surface area contributed by atoms with E-state index in [9.17, 15) is 0 Å². The zero-order chi connectivity index (χ0) is 39.6. The van der Waals surface area contributed by atoms with Crippen LogP contribution in [0.5, 0.6) is 5.75 Å². The fourth-order valence-electron chi connectivity index (χ4n) is 7.30. The second-order valence-corrected chi connectivity index (χ2v) is 18.1. The van der Waals surface area contributed by atoms with Crippen molar-refractivity contribution in [2.24, 2.45) is 5.92 Å². The summed E-state index contributed by atoms with van der Waals surface area (Å²) in [4.78, 5) is 4.93. The first-order chi connectivity index (χ1) is 24.6. The lowest BCUT2D eigenvalue weighted by molar-refractivity contribution is 0.395. The van der Waals surface area contributed by atoms with Gasteiger partial charge in [0.15, 0.2) is 0 Å². The maximum atomic E-state index is 6.29. The molecule has 53 heavy (non-hydrogen) atoms. The first-order valence-corrected chi connectivity index (χ1v) is 19.2. The molecule has 0 spiro atoms. The van der Waals surface area contributed by atoms with Gasteiger partial charge < -0.3 is 4.74 Å². The summed E-state index contributed by atoms with van der Waals surface area (Å²) in [5, 5.41) is 0. The van der Waals surface area contributed by atoms with Crippen molar-refractivity contribution in [2.45, 2.75) is 120 Å². The SMILES string of the molecule is C=C/C=C(\C=C)c1ccnc(-c2cc(C(C)(C)C)cc(-c3cccc(C)c3C/C(=C(\C)c3cc(C(C)(C)C)cc(C(C)(C)C)c3OC)C(C)C)c2C)c1. The zero-order valence-corrected chi connectivity index (χ0v) is 35.6. The zero-order valence-electron chi connectivity index (χ0n) is 35.6. The number of ether oxygens (including phenoxy) is 1. The van der Waals surface area contributed by atoms with Crippen LogP contribution in [-0.2, 0) is 22.7 Å². The smallest absolute Gasteiger partial charge is 0.130 e. The lowest BCUT2D eigenvalue weighted by atomic mass is 9.76. The largest absolute Gasteiger partial charge is 0.496 e. The number of benzene rings is 3. The first kappa shape index (κ1) is 41.3. The summed E-state index contributed by atoms with van der Waals surface area (Å²) >= 11 is 0. The van der Waals surface area contributed by atoms with Crippen LogP contribution < -0.4 is 4.74 Å². The fraction of sp³-hybridized carbons (Fsp3) is 0.392. The Morgan fingerprint density at radius 1 is 0.792 bits per heavy atom. The van der Waals surface area contributed by atoms with Crippen LogP contribution in [0.2, 0.25) is 0 Å². The molecule has 0 N–H and O–H groups in total. The van der Waals surface area contributed by atoms with E-state index in [0.29, 0.717) is 5.92 Å². The molecule has 0 bridgehead atoms. The minimum absolute atomic E-state index is 0.000639. The molecule has 0 unspecified atom stereocenters. The molecule has 0 atom stereocenters. The second-order valence-electron chi connectivity index (χ2n) is 18.1. The highest BCUT2D eigenvalue weighted by atomic mass is 16.5. The van der Waals surface area contributed by atoms with Gasteiger partial charge in [0.1, 0.15) is 5.75 Å². The molecule has 0 aliphatic heterocycles. The summed E-state index contributed by atoms with van der Waals surface area (Å²) in [7, 11) is 1.83. The van der Waals surface area contributed by atoms with Crippen LogP contribution >= 0.6 is 0 Å². The number of rotatable bonds is 10. The van der Waals surface area contributed by atoms with Crippen molar-refractivity contribution in [3.8, 4) is 28.1 Å². The molecule has 0 aliphatic rings. The molecule has 0 aliphatic carbocycles. The summed E-state index contributed by atoms with van der Waals surface area (Å²) in [6.07, 6.45) is 8.43. The van der Waals surface area contributed by atoms with Crippen LogP contribution in [0.25, 0.3) is 33.5 Å². The van der Waals surface area contributed by atoms with E-state index < -0.39 is 0 Å². The van der Waals surface area contributed by atoms with Gasteiger partial charge in [0.25, 0.3) is 0 Å². The number of allylic oxidation sites excluding steroid dienone is 6. The summed E-state index contributed by atoms with van der Waals surface area (Å²) < 4.78 is 6.29. The van der Waals surface area contributed by atoms with E-state index in [-0.39, 0.29) is 16.2 Å². The number of hydrogen-bond acceptors (Lipinski definition) is 2. The van der Waals surface area contributed by atoms with Gasteiger partial charge in [-0.3, -0.25) is 4.98 Å². The maximum absolute atomic E-state index is 6.29. The maximum Gasteiger partial charge on any atom is 0.130 e. The van der Waals surface area contributed by atoms with Crippen LogP contribution in [0.1, 0.15) is 128 Å². The Labute approximate surface area is 322 Å². The van der Waals surface area contributed by atoms with E-state index in [1.165, 1.54) is 61.2 Å². The quantitative estimate of drug-likeness (QED) is 0.153. The van der Waals surface area contributed by atoms with E-state index in [0.717, 1.165) is 34.6 Å². The molecular formula is C51H65NO. The average molecular weight is 708 g/mol. The van der Waals surface area contributed by atoms with Crippen LogP contribution in [0, 0.1) is 19.8 Å². The predicted molar refractivity (Wildman–Crippen MR) is 233 cm³/mol. The third-order valence-electron chi connectivity index (χ3n) is 10.8. The van der Waals surface area contributed by atoms with Gasteiger partial charge in [-0.25, -0.2) is 0 Å². The fourth-order valence-corrected chi connectivity index (χ4v) is 7.30. The van der Waals surface area contributed by atoms with Gasteiger partial charge in [-0.1, -0.05) is 143 Å². The van der Waals surface area contributed by atoms with E-state index in [1.54, 1.807) is 0 Å². The number of nitrogens with zero attached hydrogens (tertiary/aromatic N) is 1. The summed E-state index contributed by atoms with van der Waals surface area (Å²) in [6, 6.07) is 20.5. The summed E-state index contributed by atoms with van der Waals surface area (Å²) in [5.41, 5.74) is 18.3. The summed E-state index contributed by atoms with van der Waals surface area (Å²) in [6.45, 7) is 40.1. The van der Waals surface area contributed by atoms with E-state index >= 15 is 0 Å². The van der Waals surface area contributed by atoms with Gasteiger partial charge in [-0.2, -0.15) is 0 Å². The van der Waals surface area contributed by atoms with Crippen LogP contribution in [0.15, 0.2) is 97.8 Å². The van der Waals surface area contributed by atoms with E-state index in [2.05, 4.69) is 159 Å². The molecule has 1 aromatic heterocycles. The van der Waals surface area contributed by atoms with Gasteiger partial charge in [0, 0.05) is 22.9 Å². The molecule has 0 saturated heterocycles. The van der Waals surface area contributed by atoms with Crippen molar-refractivity contribution in [3.05, 3.63) is 142 Å². The third-order valence-corrected chi connectivity index (χ3v) is 10.8. The van der Waals surface area contributed by atoms with Gasteiger partial charge in [-0.05, 0) is 129 Å². The second kappa shape index (κ2) is 15.9. The highest BCUT2D eigenvalue weighted by molar-refractivity contribution is 5.83. The molecule has 0 radical (unpaired) electrons. The van der Waals surface area contributed by atoms with Crippen molar-refractivity contribution >= 4 is 11.1 Å². The highest BCUT2D eigenvalue weighted by Gasteiger charge is 2.28. The van der Waals surface area contributed by atoms with Gasteiger partial charge in [-0.15, -0.1) is 0 Å². The normalized spacial score (nSPS) is 13.2. The molecule has 1 heterocycles. The van der Waals surface area contributed by atoms with Crippen molar-refractivity contribution in [2.75, 3.05) is 7.11 Å². The van der Waals surface area contributed by atoms with Crippen molar-refractivity contribution in [3.63, 3.8) is 0 Å². The van der Waals surface area contributed by atoms with Crippen LogP contribution in [-0.4, -0.2) is 12.1 Å². The van der Waals surface area contributed by atoms with Crippen molar-refractivity contribution in [1.82, 2.24) is 4.98 Å². The van der Waals surface area contributed by atoms with Crippen LogP contribution in [0.4, 0.5) is 0 Å². The molecule has 4 aromatic rings. The molecule has 0 saturated carbocycles. The molecule has 280 valence electrons. The average Bonchev–Trinajstić information content (AvgIpc) is 3.07. The highest BCUT2D eigenvalue weighted by Crippen LogP contribution is 2.44. The number of pyridine rings is 1. The molecule has 0 amide bonds. The summed E-state index contributed by atoms with van der Waals surface area (Å²) in [5.74, 6) is 1.32. The Hall–Kier alpha value is -4.43. The Morgan fingerprint density at radius 3 is 1.96 bits per heavy atom. The number of methoxy groups -OCH3 is 1. The Balaban J connectivity index is 2.03. The van der Waals surface area contributed by atoms with Gasteiger partial charge >= 0.3 is 0 Å². The molecule has 0 fully saturated rings.